The molecule has 26 heavy (non-hydrogen) atoms. The number of rotatable bonds is 6. The molecule has 3 N–H and O–H groups in total. The van der Waals surface area contributed by atoms with E-state index in [-0.39, 0.29) is 11.7 Å². The van der Waals surface area contributed by atoms with Gasteiger partial charge in [0.15, 0.2) is 0 Å². The average Bonchev–Trinajstić information content (AvgIpc) is 2.66. The fourth-order valence-corrected chi connectivity index (χ4v) is 2.82. The summed E-state index contributed by atoms with van der Waals surface area (Å²) < 4.78 is 24.1. The Morgan fingerprint density at radius 2 is 1.88 bits per heavy atom. The van der Waals surface area contributed by atoms with Crippen molar-refractivity contribution in [3.8, 4) is 5.75 Å². The van der Waals surface area contributed by atoms with Crippen molar-refractivity contribution in [3.05, 3.63) is 65.5 Å². The summed E-state index contributed by atoms with van der Waals surface area (Å²) in [5, 5.41) is 2.89. The van der Waals surface area contributed by atoms with Crippen molar-refractivity contribution in [2.45, 2.75) is 31.5 Å². The van der Waals surface area contributed by atoms with Gasteiger partial charge in [0.2, 0.25) is 5.91 Å². The molecule has 1 aliphatic heterocycles. The maximum absolute atomic E-state index is 13.2. The van der Waals surface area contributed by atoms with E-state index in [1.807, 2.05) is 30.3 Å². The molecule has 0 unspecified atom stereocenters. The lowest BCUT2D eigenvalue weighted by Crippen LogP contribution is -2.56. The van der Waals surface area contributed by atoms with Crippen LogP contribution in [0.15, 0.2) is 48.5 Å². The number of halogens is 1. The molecule has 3 rings (SSSR count). The third-order valence-corrected chi connectivity index (χ3v) is 4.51. The smallest absolute Gasteiger partial charge is 0.240 e. The van der Waals surface area contributed by atoms with E-state index in [9.17, 15) is 9.18 Å². The number of benzene rings is 2. The summed E-state index contributed by atoms with van der Waals surface area (Å²) in [4.78, 5) is 12.3. The Bertz CT molecular complexity index is 743. The highest BCUT2D eigenvalue weighted by Gasteiger charge is 2.35. The predicted molar refractivity (Wildman–Crippen MR) is 96.0 cm³/mol. The van der Waals surface area contributed by atoms with E-state index in [4.69, 9.17) is 15.2 Å². The van der Waals surface area contributed by atoms with Gasteiger partial charge in [0.05, 0.1) is 5.54 Å². The highest BCUT2D eigenvalue weighted by molar-refractivity contribution is 5.86. The highest BCUT2D eigenvalue weighted by Crippen LogP contribution is 2.18. The summed E-state index contributed by atoms with van der Waals surface area (Å²) in [6.45, 7) is 1.73. The molecule has 0 atom stereocenters. The molecule has 0 spiro atoms. The lowest BCUT2D eigenvalue weighted by Gasteiger charge is -2.31. The lowest BCUT2D eigenvalue weighted by atomic mass is 9.90. The number of ether oxygens (including phenoxy) is 2. The Kier molecular flexibility index (Phi) is 5.85. The predicted octanol–water partition coefficient (Wildman–Crippen LogP) is 2.53. The van der Waals surface area contributed by atoms with Gasteiger partial charge in [-0.05, 0) is 48.2 Å². The topological polar surface area (TPSA) is 73.6 Å². The minimum atomic E-state index is -0.841. The standard InChI is InChI=1S/C20H23FN2O3/c21-17-3-1-2-16(12-17)14-26-18-6-4-15(5-7-18)13-23-19(24)20(22)8-10-25-11-9-20/h1-7,12H,8-11,13-14,22H2,(H,23,24). The van der Waals surface area contributed by atoms with E-state index in [1.165, 1.54) is 12.1 Å². The number of carbonyl (C=O) groups excluding carboxylic acids is 1. The number of hydrogen-bond acceptors (Lipinski definition) is 4. The second-order valence-corrected chi connectivity index (χ2v) is 6.51. The summed E-state index contributed by atoms with van der Waals surface area (Å²) in [6.07, 6.45) is 1.07. The molecule has 0 radical (unpaired) electrons. The van der Waals surface area contributed by atoms with Crippen LogP contribution in [-0.4, -0.2) is 24.7 Å². The van der Waals surface area contributed by atoms with Crippen LogP contribution in [0.3, 0.4) is 0 Å². The number of carbonyl (C=O) groups is 1. The molecule has 1 amide bonds. The summed E-state index contributed by atoms with van der Waals surface area (Å²) in [5.74, 6) is 0.260. The number of amides is 1. The minimum absolute atomic E-state index is 0.146. The summed E-state index contributed by atoms with van der Waals surface area (Å²) in [7, 11) is 0. The SMILES string of the molecule is NC1(C(=O)NCc2ccc(OCc3cccc(F)c3)cc2)CCOCC1. The molecule has 5 nitrogen and oxygen atoms in total. The quantitative estimate of drug-likeness (QED) is 0.832. The number of hydrogen-bond donors (Lipinski definition) is 2. The summed E-state index contributed by atoms with van der Waals surface area (Å²) >= 11 is 0. The largest absolute Gasteiger partial charge is 0.489 e. The van der Waals surface area contributed by atoms with E-state index in [1.54, 1.807) is 6.07 Å². The number of nitrogens with one attached hydrogen (secondary N) is 1. The van der Waals surface area contributed by atoms with Gasteiger partial charge in [-0.3, -0.25) is 4.79 Å². The van der Waals surface area contributed by atoms with E-state index >= 15 is 0 Å². The van der Waals surface area contributed by atoms with Gasteiger partial charge in [-0.2, -0.15) is 0 Å². The average molecular weight is 358 g/mol. The zero-order valence-electron chi connectivity index (χ0n) is 14.5. The molecule has 2 aromatic rings. The molecular weight excluding hydrogens is 335 g/mol. The molecule has 0 bridgehead atoms. The maximum Gasteiger partial charge on any atom is 0.240 e. The molecular formula is C20H23FN2O3. The third kappa shape index (κ3) is 4.80. The van der Waals surface area contributed by atoms with Crippen molar-refractivity contribution in [3.63, 3.8) is 0 Å². The van der Waals surface area contributed by atoms with Crippen LogP contribution in [0.5, 0.6) is 5.75 Å². The van der Waals surface area contributed by atoms with E-state index < -0.39 is 5.54 Å². The molecule has 0 aliphatic carbocycles. The van der Waals surface area contributed by atoms with Crippen LogP contribution in [0.2, 0.25) is 0 Å². The lowest BCUT2D eigenvalue weighted by molar-refractivity contribution is -0.129. The van der Waals surface area contributed by atoms with E-state index in [0.717, 1.165) is 11.1 Å². The summed E-state index contributed by atoms with van der Waals surface area (Å²) in [5.41, 5.74) is 7.04. The molecule has 1 heterocycles. The number of nitrogens with two attached hydrogens (primary N) is 1. The molecule has 138 valence electrons. The maximum atomic E-state index is 13.2. The first-order chi connectivity index (χ1) is 12.5. The molecule has 2 aromatic carbocycles. The summed E-state index contributed by atoms with van der Waals surface area (Å²) in [6, 6.07) is 13.7. The monoisotopic (exact) mass is 358 g/mol. The normalized spacial score (nSPS) is 16.1. The van der Waals surface area contributed by atoms with Crippen molar-refractivity contribution in [1.82, 2.24) is 5.32 Å². The molecule has 1 aliphatic rings. The second kappa shape index (κ2) is 8.29. The van der Waals surface area contributed by atoms with Gasteiger partial charge < -0.3 is 20.5 Å². The van der Waals surface area contributed by atoms with Gasteiger partial charge in [0, 0.05) is 19.8 Å². The fourth-order valence-electron chi connectivity index (χ4n) is 2.82. The first-order valence-electron chi connectivity index (χ1n) is 8.66. The minimum Gasteiger partial charge on any atom is -0.489 e. The van der Waals surface area contributed by atoms with Crippen molar-refractivity contribution in [2.24, 2.45) is 5.73 Å². The van der Waals surface area contributed by atoms with Crippen LogP contribution < -0.4 is 15.8 Å². The Balaban J connectivity index is 1.49. The van der Waals surface area contributed by atoms with Crippen LogP contribution in [0.4, 0.5) is 4.39 Å². The molecule has 0 saturated carbocycles. The van der Waals surface area contributed by atoms with Crippen molar-refractivity contribution < 1.29 is 18.7 Å². The zero-order chi connectivity index (χ0) is 18.4. The first-order valence-corrected chi connectivity index (χ1v) is 8.66. The van der Waals surface area contributed by atoms with E-state index in [2.05, 4.69) is 5.32 Å². The van der Waals surface area contributed by atoms with Crippen LogP contribution >= 0.6 is 0 Å². The van der Waals surface area contributed by atoms with Crippen LogP contribution in [0, 0.1) is 5.82 Å². The van der Waals surface area contributed by atoms with Crippen LogP contribution in [0.1, 0.15) is 24.0 Å². The van der Waals surface area contributed by atoms with E-state index in [0.29, 0.717) is 45.0 Å². The van der Waals surface area contributed by atoms with Crippen LogP contribution in [-0.2, 0) is 22.7 Å². The van der Waals surface area contributed by atoms with Gasteiger partial charge in [0.25, 0.3) is 0 Å². The van der Waals surface area contributed by atoms with Gasteiger partial charge >= 0.3 is 0 Å². The Morgan fingerprint density at radius 3 is 2.58 bits per heavy atom. The third-order valence-electron chi connectivity index (χ3n) is 4.51. The van der Waals surface area contributed by atoms with Gasteiger partial charge in [-0.1, -0.05) is 24.3 Å². The first kappa shape index (κ1) is 18.4. The molecule has 1 fully saturated rings. The molecule has 6 heteroatoms. The van der Waals surface area contributed by atoms with Gasteiger partial charge in [-0.25, -0.2) is 4.39 Å². The van der Waals surface area contributed by atoms with Crippen LogP contribution in [0.25, 0.3) is 0 Å². The second-order valence-electron chi connectivity index (χ2n) is 6.51. The van der Waals surface area contributed by atoms with Gasteiger partial charge in [-0.15, -0.1) is 0 Å². The van der Waals surface area contributed by atoms with Crippen molar-refractivity contribution in [1.29, 1.82) is 0 Å². The zero-order valence-corrected chi connectivity index (χ0v) is 14.5. The fraction of sp³-hybridized carbons (Fsp3) is 0.350. The Labute approximate surface area is 152 Å². The molecule has 1 saturated heterocycles. The Morgan fingerprint density at radius 1 is 1.15 bits per heavy atom. The molecule has 0 aromatic heterocycles. The van der Waals surface area contributed by atoms with Crippen molar-refractivity contribution in [2.75, 3.05) is 13.2 Å². The van der Waals surface area contributed by atoms with Gasteiger partial charge in [0.1, 0.15) is 18.2 Å². The Hall–Kier alpha value is -2.44. The highest BCUT2D eigenvalue weighted by atomic mass is 19.1. The van der Waals surface area contributed by atoms with Crippen molar-refractivity contribution >= 4 is 5.91 Å².